The van der Waals surface area contributed by atoms with Crippen LogP contribution in [0.3, 0.4) is 0 Å². The van der Waals surface area contributed by atoms with Crippen LogP contribution < -0.4 is 10.6 Å². The number of nitrogens with zero attached hydrogens (tertiary/aromatic N) is 1. The molecule has 1 saturated heterocycles. The number of para-hydroxylation sites is 1. The maximum atomic E-state index is 12.6. The van der Waals surface area contributed by atoms with Crippen molar-refractivity contribution >= 4 is 22.7 Å². The van der Waals surface area contributed by atoms with Gasteiger partial charge in [0, 0.05) is 23.6 Å². The summed E-state index contributed by atoms with van der Waals surface area (Å²) in [4.78, 5) is 29.6. The standard InChI is InChI=1S/C18H24N4O2/c1-12(19-2)18(24)21-11-17(23)22-9-5-8-16(22)14-10-20-15-7-4-3-6-13(14)15/h3-4,6-7,10,12,16,19-20H,5,8-9,11H2,1-2H3,(H,21,24). The minimum absolute atomic E-state index is 0.0283. The van der Waals surface area contributed by atoms with Crippen molar-refractivity contribution in [1.29, 1.82) is 0 Å². The maximum absolute atomic E-state index is 12.6. The summed E-state index contributed by atoms with van der Waals surface area (Å²) in [6.45, 7) is 2.55. The predicted molar refractivity (Wildman–Crippen MR) is 93.5 cm³/mol. The van der Waals surface area contributed by atoms with Crippen molar-refractivity contribution in [3.63, 3.8) is 0 Å². The van der Waals surface area contributed by atoms with E-state index in [1.807, 2.05) is 29.3 Å². The van der Waals surface area contributed by atoms with Crippen LogP contribution in [0.25, 0.3) is 10.9 Å². The van der Waals surface area contributed by atoms with Crippen molar-refractivity contribution in [2.45, 2.75) is 31.8 Å². The van der Waals surface area contributed by atoms with Gasteiger partial charge in [-0.05, 0) is 38.4 Å². The molecule has 128 valence electrons. The average Bonchev–Trinajstić information content (AvgIpc) is 3.24. The van der Waals surface area contributed by atoms with Crippen LogP contribution in [0.4, 0.5) is 0 Å². The number of rotatable bonds is 5. The molecule has 2 heterocycles. The van der Waals surface area contributed by atoms with Gasteiger partial charge in [0.15, 0.2) is 0 Å². The minimum atomic E-state index is -0.305. The molecule has 1 aromatic heterocycles. The summed E-state index contributed by atoms with van der Waals surface area (Å²) >= 11 is 0. The third kappa shape index (κ3) is 3.14. The zero-order valence-electron chi connectivity index (χ0n) is 14.1. The summed E-state index contributed by atoms with van der Waals surface area (Å²) in [5.41, 5.74) is 2.24. The van der Waals surface area contributed by atoms with E-state index in [0.29, 0.717) is 0 Å². The Bertz CT molecular complexity index is 739. The first-order valence-corrected chi connectivity index (χ1v) is 8.42. The summed E-state index contributed by atoms with van der Waals surface area (Å²) < 4.78 is 0. The molecular weight excluding hydrogens is 304 g/mol. The number of aromatic nitrogens is 1. The van der Waals surface area contributed by atoms with E-state index < -0.39 is 0 Å². The summed E-state index contributed by atoms with van der Waals surface area (Å²) in [6.07, 6.45) is 3.94. The van der Waals surface area contributed by atoms with E-state index in [0.717, 1.165) is 35.9 Å². The Balaban J connectivity index is 1.71. The van der Waals surface area contributed by atoms with Gasteiger partial charge in [-0.3, -0.25) is 9.59 Å². The summed E-state index contributed by atoms with van der Waals surface area (Å²) in [5, 5.41) is 6.74. The number of likely N-dealkylation sites (N-methyl/N-ethyl adjacent to an activating group) is 1. The van der Waals surface area contributed by atoms with Gasteiger partial charge in [0.2, 0.25) is 11.8 Å². The average molecular weight is 328 g/mol. The van der Waals surface area contributed by atoms with Crippen LogP contribution in [0.2, 0.25) is 0 Å². The number of H-pyrrole nitrogens is 1. The van der Waals surface area contributed by atoms with Crippen LogP contribution in [-0.2, 0) is 9.59 Å². The van der Waals surface area contributed by atoms with Crippen molar-refractivity contribution in [1.82, 2.24) is 20.5 Å². The molecule has 0 saturated carbocycles. The molecule has 6 heteroatoms. The summed E-state index contributed by atoms with van der Waals surface area (Å²) in [5.74, 6) is -0.187. The van der Waals surface area contributed by atoms with Crippen LogP contribution in [0, 0.1) is 0 Å². The first-order chi connectivity index (χ1) is 11.6. The molecule has 0 radical (unpaired) electrons. The third-order valence-electron chi connectivity index (χ3n) is 4.79. The fourth-order valence-corrected chi connectivity index (χ4v) is 3.31. The molecule has 0 bridgehead atoms. The molecule has 2 aromatic rings. The highest BCUT2D eigenvalue weighted by molar-refractivity contribution is 5.88. The van der Waals surface area contributed by atoms with Crippen molar-refractivity contribution in [3.05, 3.63) is 36.0 Å². The normalized spacial score (nSPS) is 18.8. The summed E-state index contributed by atoms with van der Waals surface area (Å²) in [6, 6.07) is 7.91. The molecule has 1 fully saturated rings. The highest BCUT2D eigenvalue weighted by Crippen LogP contribution is 2.35. The molecule has 3 rings (SSSR count). The number of aromatic amines is 1. The lowest BCUT2D eigenvalue weighted by atomic mass is 10.0. The van der Waals surface area contributed by atoms with Crippen LogP contribution in [0.1, 0.15) is 31.4 Å². The lowest BCUT2D eigenvalue weighted by Crippen LogP contribution is -2.45. The third-order valence-corrected chi connectivity index (χ3v) is 4.79. The lowest BCUT2D eigenvalue weighted by Gasteiger charge is -2.25. The van der Waals surface area contributed by atoms with Gasteiger partial charge >= 0.3 is 0 Å². The zero-order chi connectivity index (χ0) is 17.1. The number of hydrogen-bond acceptors (Lipinski definition) is 3. The predicted octanol–water partition coefficient (Wildman–Crippen LogP) is 1.56. The van der Waals surface area contributed by atoms with Crippen molar-refractivity contribution in [2.24, 2.45) is 0 Å². The number of benzene rings is 1. The topological polar surface area (TPSA) is 77.2 Å². The molecule has 1 aromatic carbocycles. The fourth-order valence-electron chi connectivity index (χ4n) is 3.31. The molecular formula is C18H24N4O2. The number of carbonyl (C=O) groups excluding carboxylic acids is 2. The van der Waals surface area contributed by atoms with E-state index in [1.165, 1.54) is 0 Å². The molecule has 0 spiro atoms. The molecule has 3 N–H and O–H groups in total. The minimum Gasteiger partial charge on any atom is -0.361 e. The van der Waals surface area contributed by atoms with Crippen LogP contribution >= 0.6 is 0 Å². The SMILES string of the molecule is CNC(C)C(=O)NCC(=O)N1CCCC1c1c[nH]c2ccccc12. The van der Waals surface area contributed by atoms with E-state index in [-0.39, 0.29) is 30.4 Å². The second-order valence-electron chi connectivity index (χ2n) is 6.26. The fraction of sp³-hybridized carbons (Fsp3) is 0.444. The highest BCUT2D eigenvalue weighted by Gasteiger charge is 2.31. The first-order valence-electron chi connectivity index (χ1n) is 8.42. The van der Waals surface area contributed by atoms with Crippen molar-refractivity contribution in [2.75, 3.05) is 20.1 Å². The van der Waals surface area contributed by atoms with E-state index in [9.17, 15) is 9.59 Å². The Morgan fingerprint density at radius 3 is 2.96 bits per heavy atom. The van der Waals surface area contributed by atoms with E-state index in [2.05, 4.69) is 21.7 Å². The Morgan fingerprint density at radius 2 is 2.17 bits per heavy atom. The molecule has 6 nitrogen and oxygen atoms in total. The number of amides is 2. The van der Waals surface area contributed by atoms with E-state index in [4.69, 9.17) is 0 Å². The van der Waals surface area contributed by atoms with Crippen molar-refractivity contribution < 1.29 is 9.59 Å². The van der Waals surface area contributed by atoms with Gasteiger partial charge < -0.3 is 20.5 Å². The number of fused-ring (bicyclic) bond motifs is 1. The zero-order valence-corrected chi connectivity index (χ0v) is 14.1. The van der Waals surface area contributed by atoms with Gasteiger partial charge in [-0.2, -0.15) is 0 Å². The quantitative estimate of drug-likeness (QED) is 0.779. The maximum Gasteiger partial charge on any atom is 0.242 e. The largest absolute Gasteiger partial charge is 0.361 e. The molecule has 0 aliphatic carbocycles. The van der Waals surface area contributed by atoms with E-state index >= 15 is 0 Å². The highest BCUT2D eigenvalue weighted by atomic mass is 16.2. The molecule has 2 unspecified atom stereocenters. The van der Waals surface area contributed by atoms with Crippen LogP contribution in [0.5, 0.6) is 0 Å². The Hall–Kier alpha value is -2.34. The first kappa shape index (κ1) is 16.5. The lowest BCUT2D eigenvalue weighted by molar-refractivity contribution is -0.134. The Kier molecular flexibility index (Phi) is 4.85. The number of nitrogens with one attached hydrogen (secondary N) is 3. The molecule has 2 atom stereocenters. The van der Waals surface area contributed by atoms with Gasteiger partial charge in [0.1, 0.15) is 0 Å². The van der Waals surface area contributed by atoms with E-state index in [1.54, 1.807) is 14.0 Å². The van der Waals surface area contributed by atoms with Gasteiger partial charge in [-0.15, -0.1) is 0 Å². The second-order valence-corrected chi connectivity index (χ2v) is 6.26. The Morgan fingerprint density at radius 1 is 1.38 bits per heavy atom. The second kappa shape index (κ2) is 7.05. The van der Waals surface area contributed by atoms with Gasteiger partial charge in [0.25, 0.3) is 0 Å². The molecule has 1 aliphatic rings. The van der Waals surface area contributed by atoms with Crippen LogP contribution in [0.15, 0.2) is 30.5 Å². The summed E-state index contributed by atoms with van der Waals surface area (Å²) in [7, 11) is 1.72. The number of likely N-dealkylation sites (tertiary alicyclic amines) is 1. The molecule has 2 amide bonds. The van der Waals surface area contributed by atoms with Gasteiger partial charge in [0.05, 0.1) is 18.6 Å². The molecule has 1 aliphatic heterocycles. The molecule has 24 heavy (non-hydrogen) atoms. The Labute approximate surface area is 141 Å². The van der Waals surface area contributed by atoms with Crippen molar-refractivity contribution in [3.8, 4) is 0 Å². The van der Waals surface area contributed by atoms with Gasteiger partial charge in [-0.25, -0.2) is 0 Å². The monoisotopic (exact) mass is 328 g/mol. The smallest absolute Gasteiger partial charge is 0.242 e. The van der Waals surface area contributed by atoms with Gasteiger partial charge in [-0.1, -0.05) is 18.2 Å². The number of carbonyl (C=O) groups is 2. The van der Waals surface area contributed by atoms with Crippen LogP contribution in [-0.4, -0.2) is 47.9 Å². The number of hydrogen-bond donors (Lipinski definition) is 3.